The molecular formula is C14H8Br3NO2. The van der Waals surface area contributed by atoms with Crippen LogP contribution in [0.4, 0.5) is 0 Å². The Morgan fingerprint density at radius 1 is 0.950 bits per heavy atom. The van der Waals surface area contributed by atoms with Gasteiger partial charge in [-0.3, -0.25) is 0 Å². The van der Waals surface area contributed by atoms with Crippen LogP contribution in [0.15, 0.2) is 43.7 Å². The number of hydrogen-bond acceptors (Lipinski definition) is 3. The minimum Gasteiger partial charge on any atom is -0.496 e. The van der Waals surface area contributed by atoms with E-state index < -0.39 is 0 Å². The lowest BCUT2D eigenvalue weighted by molar-refractivity contribution is 0.409. The summed E-state index contributed by atoms with van der Waals surface area (Å²) in [4.78, 5) is 0. The minimum absolute atomic E-state index is 0.457. The third kappa shape index (κ3) is 3.35. The van der Waals surface area contributed by atoms with Crippen molar-refractivity contribution < 1.29 is 9.47 Å². The van der Waals surface area contributed by atoms with E-state index in [4.69, 9.17) is 14.7 Å². The highest BCUT2D eigenvalue weighted by Crippen LogP contribution is 2.39. The van der Waals surface area contributed by atoms with Crippen molar-refractivity contribution in [2.24, 2.45) is 0 Å². The van der Waals surface area contributed by atoms with Crippen molar-refractivity contribution >= 4 is 47.8 Å². The van der Waals surface area contributed by atoms with E-state index in [0.717, 1.165) is 13.4 Å². The number of nitrogens with zero attached hydrogens (tertiary/aromatic N) is 1. The monoisotopic (exact) mass is 459 g/mol. The third-order valence-electron chi connectivity index (χ3n) is 2.49. The molecule has 0 N–H and O–H groups in total. The largest absolute Gasteiger partial charge is 0.496 e. The molecule has 0 saturated heterocycles. The van der Waals surface area contributed by atoms with Gasteiger partial charge in [-0.1, -0.05) is 15.9 Å². The van der Waals surface area contributed by atoms with E-state index in [9.17, 15) is 0 Å². The summed E-state index contributed by atoms with van der Waals surface area (Å²) in [7, 11) is 1.59. The average molecular weight is 462 g/mol. The molecule has 0 atom stereocenters. The van der Waals surface area contributed by atoms with E-state index >= 15 is 0 Å². The zero-order valence-corrected chi connectivity index (χ0v) is 15.0. The molecule has 0 saturated carbocycles. The van der Waals surface area contributed by atoms with Gasteiger partial charge in [0.1, 0.15) is 23.3 Å². The first kappa shape index (κ1) is 15.4. The molecule has 3 nitrogen and oxygen atoms in total. The molecule has 0 heterocycles. The molecule has 0 spiro atoms. The van der Waals surface area contributed by atoms with Crippen LogP contribution < -0.4 is 9.47 Å². The van der Waals surface area contributed by atoms with Crippen LogP contribution in [0.25, 0.3) is 0 Å². The van der Waals surface area contributed by atoms with E-state index in [-0.39, 0.29) is 0 Å². The van der Waals surface area contributed by atoms with E-state index in [0.29, 0.717) is 22.8 Å². The summed E-state index contributed by atoms with van der Waals surface area (Å²) in [6.07, 6.45) is 0. The van der Waals surface area contributed by atoms with Crippen molar-refractivity contribution in [1.82, 2.24) is 0 Å². The fraction of sp³-hybridized carbons (Fsp3) is 0.0714. The van der Waals surface area contributed by atoms with Gasteiger partial charge in [-0.2, -0.15) is 5.26 Å². The van der Waals surface area contributed by atoms with E-state index in [2.05, 4.69) is 53.9 Å². The van der Waals surface area contributed by atoms with Crippen LogP contribution in [0.5, 0.6) is 17.2 Å². The highest BCUT2D eigenvalue weighted by atomic mass is 79.9. The number of benzene rings is 2. The normalized spacial score (nSPS) is 9.95. The zero-order chi connectivity index (χ0) is 14.7. The first-order valence-corrected chi connectivity index (χ1v) is 7.83. The molecular weight excluding hydrogens is 454 g/mol. The van der Waals surface area contributed by atoms with Crippen LogP contribution in [0.3, 0.4) is 0 Å². The Balaban J connectivity index is 2.41. The molecule has 0 aliphatic rings. The summed E-state index contributed by atoms with van der Waals surface area (Å²) in [6.45, 7) is 0. The van der Waals surface area contributed by atoms with Gasteiger partial charge in [0, 0.05) is 4.47 Å². The molecule has 0 aliphatic heterocycles. The molecule has 0 aromatic heterocycles. The second-order valence-electron chi connectivity index (χ2n) is 3.77. The number of ether oxygens (including phenoxy) is 2. The number of halogens is 3. The topological polar surface area (TPSA) is 42.2 Å². The fourth-order valence-corrected chi connectivity index (χ4v) is 2.79. The van der Waals surface area contributed by atoms with Crippen LogP contribution in [-0.4, -0.2) is 7.11 Å². The van der Waals surface area contributed by atoms with Crippen molar-refractivity contribution in [3.8, 4) is 23.3 Å². The SMILES string of the molecule is COc1cc(Br)c(Oc2ccc(Br)cc2C#N)cc1Br. The molecule has 0 aliphatic carbocycles. The van der Waals surface area contributed by atoms with Gasteiger partial charge in [0.2, 0.25) is 0 Å². The molecule has 2 aromatic carbocycles. The summed E-state index contributed by atoms with van der Waals surface area (Å²) in [6, 6.07) is 11.0. The minimum atomic E-state index is 0.457. The first-order valence-electron chi connectivity index (χ1n) is 5.45. The second-order valence-corrected chi connectivity index (χ2v) is 6.40. The summed E-state index contributed by atoms with van der Waals surface area (Å²) < 4.78 is 13.3. The third-order valence-corrected chi connectivity index (χ3v) is 4.22. The van der Waals surface area contributed by atoms with Crippen molar-refractivity contribution in [3.05, 3.63) is 49.3 Å². The van der Waals surface area contributed by atoms with Crippen LogP contribution in [0.1, 0.15) is 5.56 Å². The molecule has 0 unspecified atom stereocenters. The smallest absolute Gasteiger partial charge is 0.145 e. The Kier molecular flexibility index (Phi) is 5.08. The van der Waals surface area contributed by atoms with Crippen LogP contribution in [-0.2, 0) is 0 Å². The fourth-order valence-electron chi connectivity index (χ4n) is 1.54. The second kappa shape index (κ2) is 6.61. The molecule has 0 fully saturated rings. The number of rotatable bonds is 3. The average Bonchev–Trinajstić information content (AvgIpc) is 2.44. The lowest BCUT2D eigenvalue weighted by Gasteiger charge is -2.12. The van der Waals surface area contributed by atoms with Crippen molar-refractivity contribution in [2.75, 3.05) is 7.11 Å². The highest BCUT2D eigenvalue weighted by molar-refractivity contribution is 9.11. The van der Waals surface area contributed by atoms with Gasteiger partial charge in [0.25, 0.3) is 0 Å². The van der Waals surface area contributed by atoms with Crippen LogP contribution in [0, 0.1) is 11.3 Å². The molecule has 2 aromatic rings. The quantitative estimate of drug-likeness (QED) is 0.593. The predicted molar refractivity (Wildman–Crippen MR) is 87.3 cm³/mol. The first-order chi connectivity index (χ1) is 9.55. The number of methoxy groups -OCH3 is 1. The molecule has 20 heavy (non-hydrogen) atoms. The van der Waals surface area contributed by atoms with Crippen LogP contribution in [0.2, 0.25) is 0 Å². The highest BCUT2D eigenvalue weighted by Gasteiger charge is 2.11. The zero-order valence-electron chi connectivity index (χ0n) is 10.3. The van der Waals surface area contributed by atoms with E-state index in [1.807, 2.05) is 6.07 Å². The predicted octanol–water partition coefficient (Wildman–Crippen LogP) is 5.65. The Morgan fingerprint density at radius 3 is 2.25 bits per heavy atom. The van der Waals surface area contributed by atoms with E-state index in [1.54, 1.807) is 31.4 Å². The Labute approximate surface area is 141 Å². The molecule has 2 rings (SSSR count). The lowest BCUT2D eigenvalue weighted by atomic mass is 10.2. The molecule has 102 valence electrons. The Morgan fingerprint density at radius 2 is 1.60 bits per heavy atom. The Hall–Kier alpha value is -1.03. The molecule has 0 bridgehead atoms. The van der Waals surface area contributed by atoms with Gasteiger partial charge in [-0.15, -0.1) is 0 Å². The van der Waals surface area contributed by atoms with Gasteiger partial charge in [0.05, 0.1) is 21.6 Å². The summed E-state index contributed by atoms with van der Waals surface area (Å²) in [5.41, 5.74) is 0.457. The lowest BCUT2D eigenvalue weighted by Crippen LogP contribution is -1.91. The van der Waals surface area contributed by atoms with Crippen molar-refractivity contribution in [1.29, 1.82) is 5.26 Å². The summed E-state index contributed by atoms with van der Waals surface area (Å²) >= 11 is 10.2. The number of nitriles is 1. The maximum atomic E-state index is 9.14. The molecule has 0 radical (unpaired) electrons. The standard InChI is InChI=1S/C14H8Br3NO2/c1-19-13-5-11(17)14(6-10(13)16)20-12-3-2-9(15)4-8(12)7-18/h2-6H,1H3. The van der Waals surface area contributed by atoms with Gasteiger partial charge in [-0.05, 0) is 62.2 Å². The molecule has 6 heteroatoms. The van der Waals surface area contributed by atoms with Crippen molar-refractivity contribution in [3.63, 3.8) is 0 Å². The summed E-state index contributed by atoms with van der Waals surface area (Å²) in [5.74, 6) is 1.78. The van der Waals surface area contributed by atoms with Gasteiger partial charge in [0.15, 0.2) is 0 Å². The number of hydrogen-bond donors (Lipinski definition) is 0. The van der Waals surface area contributed by atoms with Gasteiger partial charge >= 0.3 is 0 Å². The Bertz CT molecular complexity index is 696. The summed E-state index contributed by atoms with van der Waals surface area (Å²) in [5, 5.41) is 9.14. The van der Waals surface area contributed by atoms with Crippen molar-refractivity contribution in [2.45, 2.75) is 0 Å². The van der Waals surface area contributed by atoms with E-state index in [1.165, 1.54) is 0 Å². The van der Waals surface area contributed by atoms with Crippen LogP contribution >= 0.6 is 47.8 Å². The maximum absolute atomic E-state index is 9.14. The van der Waals surface area contributed by atoms with Gasteiger partial charge in [-0.25, -0.2) is 0 Å². The molecule has 0 amide bonds. The van der Waals surface area contributed by atoms with Gasteiger partial charge < -0.3 is 9.47 Å². The maximum Gasteiger partial charge on any atom is 0.145 e.